The van der Waals surface area contributed by atoms with Crippen molar-refractivity contribution in [2.45, 2.75) is 24.7 Å². The summed E-state index contributed by atoms with van der Waals surface area (Å²) in [6, 6.07) is 6.18. The van der Waals surface area contributed by atoms with Crippen molar-refractivity contribution in [2.24, 2.45) is 16.5 Å². The van der Waals surface area contributed by atoms with E-state index in [-0.39, 0.29) is 16.2 Å². The van der Waals surface area contributed by atoms with Crippen LogP contribution >= 0.6 is 0 Å². The third-order valence-corrected chi connectivity index (χ3v) is 5.09. The Morgan fingerprint density at radius 2 is 1.84 bits per heavy atom. The number of amides is 1. The fourth-order valence-corrected chi connectivity index (χ4v) is 3.74. The minimum atomic E-state index is -3.68. The molecule has 1 amide bonds. The zero-order valence-electron chi connectivity index (χ0n) is 10.7. The van der Waals surface area contributed by atoms with Crippen molar-refractivity contribution in [1.29, 1.82) is 0 Å². The number of hydrogen-bond acceptors (Lipinski definition) is 3. The Balaban J connectivity index is 1.89. The highest BCUT2D eigenvalue weighted by Crippen LogP contribution is 2.51. The minimum Gasteiger partial charge on any atom is -0.312 e. The first kappa shape index (κ1) is 12.6. The quantitative estimate of drug-likeness (QED) is 0.880. The van der Waals surface area contributed by atoms with Gasteiger partial charge < -0.3 is 4.90 Å². The smallest absolute Gasteiger partial charge is 0.238 e. The molecule has 102 valence electrons. The summed E-state index contributed by atoms with van der Waals surface area (Å²) in [5.74, 6) is 0.707. The number of fused-ring (bicyclic) bond motifs is 2. The molecule has 1 aliphatic carbocycles. The van der Waals surface area contributed by atoms with Crippen LogP contribution in [0.25, 0.3) is 0 Å². The summed E-state index contributed by atoms with van der Waals surface area (Å²) in [6.45, 7) is 2.72. The van der Waals surface area contributed by atoms with Crippen LogP contribution in [-0.4, -0.2) is 20.9 Å². The molecular weight excluding hydrogens is 264 g/mol. The highest BCUT2D eigenvalue weighted by Gasteiger charge is 2.53. The van der Waals surface area contributed by atoms with Crippen molar-refractivity contribution >= 4 is 21.6 Å². The summed E-state index contributed by atoms with van der Waals surface area (Å²) in [6.07, 6.45) is 1.94. The van der Waals surface area contributed by atoms with Gasteiger partial charge in [0.2, 0.25) is 15.9 Å². The van der Waals surface area contributed by atoms with Crippen LogP contribution in [0.3, 0.4) is 0 Å². The molecule has 1 aromatic carbocycles. The lowest BCUT2D eigenvalue weighted by Gasteiger charge is -2.53. The van der Waals surface area contributed by atoms with E-state index >= 15 is 0 Å². The molecule has 6 heteroatoms. The van der Waals surface area contributed by atoms with Crippen LogP contribution in [0.4, 0.5) is 5.69 Å². The zero-order valence-corrected chi connectivity index (χ0v) is 11.5. The Hall–Kier alpha value is -1.40. The minimum absolute atomic E-state index is 0.0667. The van der Waals surface area contributed by atoms with Crippen molar-refractivity contribution in [3.05, 3.63) is 24.3 Å². The van der Waals surface area contributed by atoms with E-state index in [1.165, 1.54) is 12.1 Å². The van der Waals surface area contributed by atoms with E-state index in [0.29, 0.717) is 5.92 Å². The molecule has 19 heavy (non-hydrogen) atoms. The average Bonchev–Trinajstić information content (AvgIpc) is 2.30. The van der Waals surface area contributed by atoms with Crippen molar-refractivity contribution in [2.75, 3.05) is 11.4 Å². The summed E-state index contributed by atoms with van der Waals surface area (Å²) in [7, 11) is -3.68. The second kappa shape index (κ2) is 3.80. The van der Waals surface area contributed by atoms with Crippen LogP contribution in [0, 0.1) is 11.3 Å². The molecular formula is C13H16N2O3S. The predicted molar refractivity (Wildman–Crippen MR) is 71.0 cm³/mol. The lowest BCUT2D eigenvalue weighted by molar-refractivity contribution is -0.139. The maximum Gasteiger partial charge on any atom is 0.238 e. The van der Waals surface area contributed by atoms with E-state index in [0.717, 1.165) is 25.1 Å². The topological polar surface area (TPSA) is 80.5 Å². The van der Waals surface area contributed by atoms with E-state index in [1.54, 1.807) is 17.0 Å². The molecule has 0 aromatic heterocycles. The molecule has 0 unspecified atom stereocenters. The molecule has 3 aliphatic rings. The van der Waals surface area contributed by atoms with Crippen LogP contribution in [0.1, 0.15) is 19.8 Å². The molecule has 2 saturated heterocycles. The number of rotatable bonds is 2. The van der Waals surface area contributed by atoms with Gasteiger partial charge in [-0.1, -0.05) is 6.92 Å². The number of anilines is 1. The molecule has 1 aromatic rings. The lowest BCUT2D eigenvalue weighted by Crippen LogP contribution is -2.59. The van der Waals surface area contributed by atoms with Crippen LogP contribution in [0.15, 0.2) is 29.2 Å². The predicted octanol–water partition coefficient (Wildman–Crippen LogP) is 1.10. The maximum atomic E-state index is 12.4. The van der Waals surface area contributed by atoms with Gasteiger partial charge in [0.05, 0.1) is 4.90 Å². The van der Waals surface area contributed by atoms with Gasteiger partial charge in [-0.25, -0.2) is 13.6 Å². The summed E-state index contributed by atoms with van der Waals surface area (Å²) in [4.78, 5) is 14.2. The summed E-state index contributed by atoms with van der Waals surface area (Å²) in [5.41, 5.74) is 0.523. The van der Waals surface area contributed by atoms with Crippen LogP contribution < -0.4 is 10.0 Å². The number of primary sulfonamides is 1. The van der Waals surface area contributed by atoms with Gasteiger partial charge >= 0.3 is 0 Å². The van der Waals surface area contributed by atoms with E-state index in [4.69, 9.17) is 5.14 Å². The standard InChI is InChI=1S/C13H16N2O3S/c1-13-6-9(7-13)8-15(12(13)16)10-2-4-11(5-3-10)19(14,17)18/h2-5,9H,6-8H2,1H3,(H2,14,17,18). The molecule has 2 heterocycles. The number of carbonyl (C=O) groups is 1. The Morgan fingerprint density at radius 1 is 1.26 bits per heavy atom. The van der Waals surface area contributed by atoms with Crippen molar-refractivity contribution in [3.8, 4) is 0 Å². The molecule has 2 aliphatic heterocycles. The van der Waals surface area contributed by atoms with Gasteiger partial charge in [-0.15, -0.1) is 0 Å². The molecule has 0 atom stereocenters. The number of piperidine rings is 2. The Bertz CT molecular complexity index is 630. The van der Waals surface area contributed by atoms with E-state index in [2.05, 4.69) is 0 Å². The Morgan fingerprint density at radius 3 is 2.37 bits per heavy atom. The molecule has 0 spiro atoms. The van der Waals surface area contributed by atoms with E-state index < -0.39 is 10.0 Å². The van der Waals surface area contributed by atoms with Crippen LogP contribution in [0.5, 0.6) is 0 Å². The fourth-order valence-electron chi connectivity index (χ4n) is 3.22. The van der Waals surface area contributed by atoms with Gasteiger partial charge in [0.15, 0.2) is 0 Å². The van der Waals surface area contributed by atoms with Gasteiger partial charge in [0.1, 0.15) is 0 Å². The molecule has 0 radical (unpaired) electrons. The first-order chi connectivity index (χ1) is 8.79. The Labute approximate surface area is 112 Å². The highest BCUT2D eigenvalue weighted by atomic mass is 32.2. The number of hydrogen-bond donors (Lipinski definition) is 1. The number of sulfonamides is 1. The average molecular weight is 280 g/mol. The first-order valence-corrected chi connectivity index (χ1v) is 7.79. The normalized spacial score (nSPS) is 30.1. The van der Waals surface area contributed by atoms with Crippen molar-refractivity contribution in [1.82, 2.24) is 0 Å². The Kier molecular flexibility index (Phi) is 2.53. The van der Waals surface area contributed by atoms with E-state index in [9.17, 15) is 13.2 Å². The second-order valence-electron chi connectivity index (χ2n) is 5.79. The van der Waals surface area contributed by atoms with Crippen LogP contribution in [-0.2, 0) is 14.8 Å². The molecule has 3 fully saturated rings. The SMILES string of the molecule is CC12CC(CN(c3ccc(S(N)(=O)=O)cc3)C1=O)C2. The van der Waals surface area contributed by atoms with Crippen LogP contribution in [0.2, 0.25) is 0 Å². The zero-order chi connectivity index (χ0) is 13.8. The number of nitrogens with two attached hydrogens (primary N) is 1. The summed E-state index contributed by atoms with van der Waals surface area (Å²) < 4.78 is 22.4. The fraction of sp³-hybridized carbons (Fsp3) is 0.462. The number of carbonyl (C=O) groups excluding carboxylic acids is 1. The molecule has 5 nitrogen and oxygen atoms in total. The highest BCUT2D eigenvalue weighted by molar-refractivity contribution is 7.89. The molecule has 4 rings (SSSR count). The summed E-state index contributed by atoms with van der Waals surface area (Å²) >= 11 is 0. The third kappa shape index (κ3) is 1.95. The molecule has 2 bridgehead atoms. The van der Waals surface area contributed by atoms with E-state index in [1.807, 2.05) is 6.92 Å². The molecule has 1 saturated carbocycles. The van der Waals surface area contributed by atoms with Gasteiger partial charge in [0, 0.05) is 17.6 Å². The number of benzene rings is 1. The summed E-state index contributed by atoms with van der Waals surface area (Å²) in [5, 5.41) is 5.05. The van der Waals surface area contributed by atoms with Gasteiger partial charge in [-0.2, -0.15) is 0 Å². The monoisotopic (exact) mass is 280 g/mol. The third-order valence-electron chi connectivity index (χ3n) is 4.16. The molecule has 2 N–H and O–H groups in total. The first-order valence-electron chi connectivity index (χ1n) is 6.24. The largest absolute Gasteiger partial charge is 0.312 e. The van der Waals surface area contributed by atoms with Crippen molar-refractivity contribution in [3.63, 3.8) is 0 Å². The maximum absolute atomic E-state index is 12.4. The van der Waals surface area contributed by atoms with Gasteiger partial charge in [0.25, 0.3) is 0 Å². The van der Waals surface area contributed by atoms with Gasteiger partial charge in [-0.3, -0.25) is 4.79 Å². The lowest BCUT2D eigenvalue weighted by atomic mass is 9.59. The van der Waals surface area contributed by atoms with Crippen molar-refractivity contribution < 1.29 is 13.2 Å². The van der Waals surface area contributed by atoms with Gasteiger partial charge in [-0.05, 0) is 43.0 Å². The number of nitrogens with zero attached hydrogens (tertiary/aromatic N) is 1. The second-order valence-corrected chi connectivity index (χ2v) is 7.35.